The number of hydrogen-bond acceptors (Lipinski definition) is 6. The maximum absolute atomic E-state index is 9.12. The summed E-state index contributed by atoms with van der Waals surface area (Å²) in [6, 6.07) is 11.9. The Bertz CT molecular complexity index is 1170. The van der Waals surface area contributed by atoms with Gasteiger partial charge in [-0.05, 0) is 48.7 Å². The fourth-order valence-corrected chi connectivity index (χ4v) is 3.57. The summed E-state index contributed by atoms with van der Waals surface area (Å²) in [7, 11) is 0. The van der Waals surface area contributed by atoms with Gasteiger partial charge >= 0.3 is 0 Å². The number of nitrogens with one attached hydrogen (secondary N) is 1. The lowest BCUT2D eigenvalue weighted by atomic mass is 10.1. The Labute approximate surface area is 155 Å². The van der Waals surface area contributed by atoms with Crippen molar-refractivity contribution in [3.63, 3.8) is 0 Å². The van der Waals surface area contributed by atoms with Crippen LogP contribution < -0.4 is 5.32 Å². The molecule has 27 heavy (non-hydrogen) atoms. The van der Waals surface area contributed by atoms with Gasteiger partial charge in [-0.1, -0.05) is 11.2 Å². The van der Waals surface area contributed by atoms with Gasteiger partial charge in [-0.25, -0.2) is 0 Å². The Balaban J connectivity index is 1.61. The number of fused-ring (bicyclic) bond motifs is 2. The molecule has 0 bridgehead atoms. The standard InChI is InChI=1S/C21H16N4O2/c26-25-18-6-3-13-10-15(4-5-16(13)18)24-20-17-7-9-23-12-19(17)27-21(20)14-2-1-8-22-11-14/h1-2,4-5,7-12,24,26H,3,6H2/b25-18-. The van der Waals surface area contributed by atoms with Crippen molar-refractivity contribution in [2.24, 2.45) is 5.16 Å². The van der Waals surface area contributed by atoms with Crippen molar-refractivity contribution in [3.8, 4) is 11.3 Å². The van der Waals surface area contributed by atoms with Gasteiger partial charge in [-0.15, -0.1) is 0 Å². The van der Waals surface area contributed by atoms with Gasteiger partial charge < -0.3 is 14.9 Å². The summed E-state index contributed by atoms with van der Waals surface area (Å²) >= 11 is 0. The lowest BCUT2D eigenvalue weighted by Gasteiger charge is -2.09. The zero-order chi connectivity index (χ0) is 18.2. The molecule has 0 saturated heterocycles. The van der Waals surface area contributed by atoms with Crippen LogP contribution in [0.25, 0.3) is 22.3 Å². The smallest absolute Gasteiger partial charge is 0.160 e. The predicted molar refractivity (Wildman–Crippen MR) is 104 cm³/mol. The van der Waals surface area contributed by atoms with Gasteiger partial charge in [0, 0.05) is 40.8 Å². The van der Waals surface area contributed by atoms with Crippen LogP contribution >= 0.6 is 0 Å². The van der Waals surface area contributed by atoms with Gasteiger partial charge in [-0.3, -0.25) is 9.97 Å². The second kappa shape index (κ2) is 6.25. The molecule has 0 aliphatic heterocycles. The molecule has 1 aliphatic rings. The predicted octanol–water partition coefficient (Wildman–Crippen LogP) is 4.76. The Morgan fingerprint density at radius 2 is 1.96 bits per heavy atom. The van der Waals surface area contributed by atoms with Crippen molar-refractivity contribution in [2.45, 2.75) is 12.8 Å². The molecule has 3 aromatic heterocycles. The first-order chi connectivity index (χ1) is 13.3. The van der Waals surface area contributed by atoms with E-state index < -0.39 is 0 Å². The van der Waals surface area contributed by atoms with Crippen LogP contribution in [-0.2, 0) is 6.42 Å². The first-order valence-electron chi connectivity index (χ1n) is 8.71. The van der Waals surface area contributed by atoms with E-state index in [0.717, 1.165) is 57.8 Å². The molecule has 0 saturated carbocycles. The zero-order valence-electron chi connectivity index (χ0n) is 14.4. The summed E-state index contributed by atoms with van der Waals surface area (Å²) in [5, 5.41) is 17.0. The highest BCUT2D eigenvalue weighted by Gasteiger charge is 2.20. The van der Waals surface area contributed by atoms with Crippen LogP contribution in [0.2, 0.25) is 0 Å². The van der Waals surface area contributed by atoms with E-state index in [-0.39, 0.29) is 0 Å². The first kappa shape index (κ1) is 15.6. The number of rotatable bonds is 3. The van der Waals surface area contributed by atoms with E-state index in [2.05, 4.69) is 26.5 Å². The molecule has 1 aliphatic carbocycles. The van der Waals surface area contributed by atoms with Crippen LogP contribution in [0.15, 0.2) is 70.8 Å². The largest absolute Gasteiger partial charge is 0.452 e. The van der Waals surface area contributed by atoms with Crippen molar-refractivity contribution >= 4 is 28.1 Å². The molecule has 3 heterocycles. The maximum Gasteiger partial charge on any atom is 0.160 e. The Morgan fingerprint density at radius 3 is 2.81 bits per heavy atom. The third-order valence-electron chi connectivity index (χ3n) is 4.85. The number of oxime groups is 1. The van der Waals surface area contributed by atoms with Crippen LogP contribution in [0, 0.1) is 0 Å². The molecule has 0 atom stereocenters. The average Bonchev–Trinajstić information content (AvgIpc) is 3.30. The summed E-state index contributed by atoms with van der Waals surface area (Å²) in [6.07, 6.45) is 8.62. The summed E-state index contributed by atoms with van der Waals surface area (Å²) in [5.74, 6) is 0.726. The van der Waals surface area contributed by atoms with Crippen molar-refractivity contribution in [2.75, 3.05) is 5.32 Å². The molecular weight excluding hydrogens is 340 g/mol. The number of aryl methyl sites for hydroxylation is 1. The molecular formula is C21H16N4O2. The number of benzene rings is 1. The third kappa shape index (κ3) is 2.62. The van der Waals surface area contributed by atoms with Crippen molar-refractivity contribution in [1.29, 1.82) is 0 Å². The molecule has 4 aromatic rings. The van der Waals surface area contributed by atoms with Gasteiger partial charge in [0.05, 0.1) is 17.6 Å². The Kier molecular flexibility index (Phi) is 3.60. The monoisotopic (exact) mass is 356 g/mol. The molecule has 0 radical (unpaired) electrons. The highest BCUT2D eigenvalue weighted by Crippen LogP contribution is 2.39. The minimum atomic E-state index is 0.717. The molecule has 0 fully saturated rings. The minimum absolute atomic E-state index is 0.717. The van der Waals surface area contributed by atoms with E-state index in [9.17, 15) is 0 Å². The number of nitrogens with zero attached hydrogens (tertiary/aromatic N) is 3. The van der Waals surface area contributed by atoms with Crippen molar-refractivity contribution in [3.05, 3.63) is 72.3 Å². The van der Waals surface area contributed by atoms with Crippen LogP contribution in [0.3, 0.4) is 0 Å². The molecule has 0 unspecified atom stereocenters. The molecule has 132 valence electrons. The summed E-state index contributed by atoms with van der Waals surface area (Å²) in [6.45, 7) is 0. The second-order valence-corrected chi connectivity index (χ2v) is 6.46. The normalized spacial score (nSPS) is 14.6. The van der Waals surface area contributed by atoms with Crippen LogP contribution in [0.4, 0.5) is 11.4 Å². The quantitative estimate of drug-likeness (QED) is 0.408. The topological polar surface area (TPSA) is 83.5 Å². The van der Waals surface area contributed by atoms with E-state index in [0.29, 0.717) is 0 Å². The lowest BCUT2D eigenvalue weighted by Crippen LogP contribution is -1.96. The van der Waals surface area contributed by atoms with Gasteiger partial charge in [0.2, 0.25) is 0 Å². The van der Waals surface area contributed by atoms with Crippen LogP contribution in [-0.4, -0.2) is 20.9 Å². The lowest BCUT2D eigenvalue weighted by molar-refractivity contribution is 0.318. The molecule has 1 aromatic carbocycles. The van der Waals surface area contributed by atoms with Gasteiger partial charge in [0.15, 0.2) is 11.3 Å². The van der Waals surface area contributed by atoms with E-state index >= 15 is 0 Å². The van der Waals surface area contributed by atoms with E-state index in [4.69, 9.17) is 9.62 Å². The van der Waals surface area contributed by atoms with Gasteiger partial charge in [-0.2, -0.15) is 0 Å². The molecule has 6 heteroatoms. The fourth-order valence-electron chi connectivity index (χ4n) is 3.57. The summed E-state index contributed by atoms with van der Waals surface area (Å²) < 4.78 is 6.07. The zero-order valence-corrected chi connectivity index (χ0v) is 14.4. The number of hydrogen-bond donors (Lipinski definition) is 2. The summed E-state index contributed by atoms with van der Waals surface area (Å²) in [4.78, 5) is 8.36. The van der Waals surface area contributed by atoms with Gasteiger partial charge in [0.1, 0.15) is 0 Å². The number of pyridine rings is 2. The second-order valence-electron chi connectivity index (χ2n) is 6.46. The van der Waals surface area contributed by atoms with Crippen molar-refractivity contribution in [1.82, 2.24) is 9.97 Å². The Morgan fingerprint density at radius 1 is 1.04 bits per heavy atom. The molecule has 0 amide bonds. The molecule has 2 N–H and O–H groups in total. The SMILES string of the molecule is O/N=C1/CCc2cc(Nc3c(-c4cccnc4)oc4cnccc34)ccc21. The number of anilines is 2. The molecule has 0 spiro atoms. The van der Waals surface area contributed by atoms with E-state index in [1.54, 1.807) is 24.8 Å². The van der Waals surface area contributed by atoms with E-state index in [1.165, 1.54) is 5.56 Å². The first-order valence-corrected chi connectivity index (χ1v) is 8.71. The van der Waals surface area contributed by atoms with Crippen molar-refractivity contribution < 1.29 is 9.62 Å². The average molecular weight is 356 g/mol. The van der Waals surface area contributed by atoms with Gasteiger partial charge in [0.25, 0.3) is 0 Å². The summed E-state index contributed by atoms with van der Waals surface area (Å²) in [5.41, 5.74) is 6.38. The maximum atomic E-state index is 9.12. The van der Waals surface area contributed by atoms with E-state index in [1.807, 2.05) is 30.3 Å². The highest BCUT2D eigenvalue weighted by molar-refractivity contribution is 6.05. The highest BCUT2D eigenvalue weighted by atomic mass is 16.4. The number of aromatic nitrogens is 2. The Hall–Kier alpha value is -3.67. The van der Waals surface area contributed by atoms with Crippen LogP contribution in [0.1, 0.15) is 17.5 Å². The number of furan rings is 1. The van der Waals surface area contributed by atoms with Crippen LogP contribution in [0.5, 0.6) is 0 Å². The molecule has 5 rings (SSSR count). The minimum Gasteiger partial charge on any atom is -0.452 e. The molecule has 6 nitrogen and oxygen atoms in total. The fraction of sp³-hybridized carbons (Fsp3) is 0.0952. The third-order valence-corrected chi connectivity index (χ3v) is 4.85.